The smallest absolute Gasteiger partial charge is 0.339 e. The highest BCUT2D eigenvalue weighted by Gasteiger charge is 2.15. The average Bonchev–Trinajstić information content (AvgIpc) is 2.30. The highest BCUT2D eigenvalue weighted by atomic mass is 16.5. The van der Waals surface area contributed by atoms with Crippen LogP contribution >= 0.6 is 0 Å². The molecule has 17 heavy (non-hydrogen) atoms. The maximum atomic E-state index is 11.6. The van der Waals surface area contributed by atoms with E-state index in [0.717, 1.165) is 0 Å². The Balaban J connectivity index is 3.02. The highest BCUT2D eigenvalue weighted by Crippen LogP contribution is 2.19. The van der Waals surface area contributed by atoms with Crippen molar-refractivity contribution >= 4 is 17.6 Å². The number of nitrogen functional groups attached to an aromatic ring is 1. The largest absolute Gasteiger partial charge is 0.465 e. The van der Waals surface area contributed by atoms with E-state index in [1.54, 1.807) is 32.3 Å². The molecule has 2 N–H and O–H groups in total. The summed E-state index contributed by atoms with van der Waals surface area (Å²) in [6.45, 7) is 0. The van der Waals surface area contributed by atoms with E-state index in [2.05, 4.69) is 4.74 Å². The molecule has 1 aromatic rings. The Morgan fingerprint density at radius 1 is 1.35 bits per heavy atom. The number of carbonyl (C=O) groups is 2. The molecule has 0 aliphatic carbocycles. The Kier molecular flexibility index (Phi) is 4.09. The van der Waals surface area contributed by atoms with Crippen LogP contribution in [0.5, 0.6) is 0 Å². The summed E-state index contributed by atoms with van der Waals surface area (Å²) in [4.78, 5) is 24.5. The van der Waals surface area contributed by atoms with E-state index in [9.17, 15) is 9.59 Å². The molecule has 0 spiro atoms. The van der Waals surface area contributed by atoms with Gasteiger partial charge >= 0.3 is 5.97 Å². The molecule has 0 aliphatic rings. The number of likely N-dealkylation sites (N-methyl/N-ethyl adjacent to an activating group) is 1. The zero-order chi connectivity index (χ0) is 13.0. The minimum absolute atomic E-state index is 0.0706. The fourth-order valence-corrected chi connectivity index (χ4v) is 1.38. The minimum Gasteiger partial charge on any atom is -0.465 e. The number of rotatable bonds is 3. The first-order chi connectivity index (χ1) is 7.97. The number of esters is 1. The molecule has 0 saturated carbocycles. The van der Waals surface area contributed by atoms with Crippen LogP contribution in [0.1, 0.15) is 15.9 Å². The topological polar surface area (TPSA) is 72.6 Å². The molecule has 0 aliphatic heterocycles. The lowest BCUT2D eigenvalue weighted by Crippen LogP contribution is -2.24. The van der Waals surface area contributed by atoms with Gasteiger partial charge in [-0.2, -0.15) is 0 Å². The maximum Gasteiger partial charge on any atom is 0.339 e. The van der Waals surface area contributed by atoms with Crippen LogP contribution < -0.4 is 5.73 Å². The van der Waals surface area contributed by atoms with E-state index in [0.29, 0.717) is 11.3 Å². The van der Waals surface area contributed by atoms with E-state index in [-0.39, 0.29) is 17.9 Å². The zero-order valence-corrected chi connectivity index (χ0v) is 10.2. The number of ether oxygens (including phenoxy) is 1. The van der Waals surface area contributed by atoms with Crippen molar-refractivity contribution in [2.75, 3.05) is 26.9 Å². The molecule has 0 unspecified atom stereocenters. The fourth-order valence-electron chi connectivity index (χ4n) is 1.38. The summed E-state index contributed by atoms with van der Waals surface area (Å²) in [6, 6.07) is 4.98. The van der Waals surface area contributed by atoms with Crippen LogP contribution in [0.25, 0.3) is 0 Å². The van der Waals surface area contributed by atoms with Gasteiger partial charge in [0.1, 0.15) is 0 Å². The Bertz CT molecular complexity index is 441. The molecule has 1 aromatic carbocycles. The van der Waals surface area contributed by atoms with Gasteiger partial charge in [0.15, 0.2) is 0 Å². The van der Waals surface area contributed by atoms with Crippen LogP contribution in [-0.4, -0.2) is 38.0 Å². The van der Waals surface area contributed by atoms with Gasteiger partial charge in [-0.1, -0.05) is 12.1 Å². The van der Waals surface area contributed by atoms with Crippen LogP contribution in [0, 0.1) is 0 Å². The predicted octanol–water partition coefficient (Wildman–Crippen LogP) is 0.686. The van der Waals surface area contributed by atoms with Gasteiger partial charge in [-0.3, -0.25) is 4.79 Å². The molecule has 0 radical (unpaired) electrons. The second-order valence-electron chi connectivity index (χ2n) is 3.83. The number of amides is 1. The number of methoxy groups -OCH3 is 1. The van der Waals surface area contributed by atoms with Crippen LogP contribution in [0.3, 0.4) is 0 Å². The number of nitrogens with two attached hydrogens (primary N) is 1. The molecule has 0 bridgehead atoms. The van der Waals surface area contributed by atoms with Crippen molar-refractivity contribution in [3.8, 4) is 0 Å². The van der Waals surface area contributed by atoms with Gasteiger partial charge in [0.2, 0.25) is 5.91 Å². The number of nitrogens with zero attached hydrogens (tertiary/aromatic N) is 1. The van der Waals surface area contributed by atoms with Crippen LogP contribution in [0.15, 0.2) is 18.2 Å². The number of hydrogen-bond donors (Lipinski definition) is 1. The van der Waals surface area contributed by atoms with E-state index in [4.69, 9.17) is 5.73 Å². The quantitative estimate of drug-likeness (QED) is 0.619. The predicted molar refractivity (Wildman–Crippen MR) is 64.6 cm³/mol. The summed E-state index contributed by atoms with van der Waals surface area (Å²) in [7, 11) is 4.63. The zero-order valence-electron chi connectivity index (χ0n) is 10.2. The van der Waals surface area contributed by atoms with E-state index in [1.807, 2.05) is 0 Å². The van der Waals surface area contributed by atoms with E-state index >= 15 is 0 Å². The summed E-state index contributed by atoms with van der Waals surface area (Å²) in [5, 5.41) is 0. The van der Waals surface area contributed by atoms with Gasteiger partial charge in [0, 0.05) is 19.8 Å². The van der Waals surface area contributed by atoms with Gasteiger partial charge in [0.25, 0.3) is 0 Å². The lowest BCUT2D eigenvalue weighted by molar-refractivity contribution is -0.127. The average molecular weight is 236 g/mol. The maximum absolute atomic E-state index is 11.6. The Morgan fingerprint density at radius 3 is 2.53 bits per heavy atom. The monoisotopic (exact) mass is 236 g/mol. The lowest BCUT2D eigenvalue weighted by Gasteiger charge is -2.13. The standard InChI is InChI=1S/C12H16N2O3/c1-14(2)10(15)7-8-5-4-6-9(11(8)13)12(16)17-3/h4-6H,7,13H2,1-3H3. The molecule has 0 saturated heterocycles. The number of benzene rings is 1. The van der Waals surface area contributed by atoms with Crippen molar-refractivity contribution in [2.45, 2.75) is 6.42 Å². The van der Waals surface area contributed by atoms with Crippen molar-refractivity contribution in [3.63, 3.8) is 0 Å². The molecule has 0 heterocycles. The summed E-state index contributed by atoms with van der Waals surface area (Å²) in [6.07, 6.45) is 0.170. The number of carbonyl (C=O) groups excluding carboxylic acids is 2. The molecule has 1 amide bonds. The first-order valence-electron chi connectivity index (χ1n) is 5.13. The van der Waals surface area contributed by atoms with E-state index in [1.165, 1.54) is 12.0 Å². The summed E-state index contributed by atoms with van der Waals surface area (Å²) >= 11 is 0. The number of para-hydroxylation sites is 1. The van der Waals surface area contributed by atoms with Crippen LogP contribution in [0.2, 0.25) is 0 Å². The molecule has 92 valence electrons. The highest BCUT2D eigenvalue weighted by molar-refractivity contribution is 5.96. The van der Waals surface area contributed by atoms with Gasteiger partial charge in [0.05, 0.1) is 19.1 Å². The normalized spacial score (nSPS) is 9.82. The molecule has 0 atom stereocenters. The number of anilines is 1. The van der Waals surface area contributed by atoms with Gasteiger partial charge in [-0.05, 0) is 11.6 Å². The number of hydrogen-bond acceptors (Lipinski definition) is 4. The van der Waals surface area contributed by atoms with Gasteiger partial charge in [-0.15, -0.1) is 0 Å². The first-order valence-corrected chi connectivity index (χ1v) is 5.13. The molecule has 5 heteroatoms. The third-order valence-electron chi connectivity index (χ3n) is 2.44. The Labute approximate surface area is 100 Å². The molecule has 5 nitrogen and oxygen atoms in total. The van der Waals surface area contributed by atoms with Crippen molar-refractivity contribution in [3.05, 3.63) is 29.3 Å². The second-order valence-corrected chi connectivity index (χ2v) is 3.83. The second kappa shape index (κ2) is 5.34. The molecule has 0 aromatic heterocycles. The molecule has 1 rings (SSSR count). The first kappa shape index (κ1) is 13.0. The molecular formula is C12H16N2O3. The Hall–Kier alpha value is -2.04. The Morgan fingerprint density at radius 2 is 2.00 bits per heavy atom. The third-order valence-corrected chi connectivity index (χ3v) is 2.44. The minimum atomic E-state index is -0.498. The SMILES string of the molecule is COC(=O)c1cccc(CC(=O)N(C)C)c1N. The summed E-state index contributed by atoms with van der Waals surface area (Å²) in [5.74, 6) is -0.569. The van der Waals surface area contributed by atoms with E-state index < -0.39 is 5.97 Å². The van der Waals surface area contributed by atoms with Crippen molar-refractivity contribution in [2.24, 2.45) is 0 Å². The molecular weight excluding hydrogens is 220 g/mol. The van der Waals surface area contributed by atoms with Crippen LogP contribution in [0.4, 0.5) is 5.69 Å². The summed E-state index contributed by atoms with van der Waals surface area (Å²) < 4.78 is 4.61. The van der Waals surface area contributed by atoms with Crippen molar-refractivity contribution in [1.29, 1.82) is 0 Å². The van der Waals surface area contributed by atoms with Crippen molar-refractivity contribution in [1.82, 2.24) is 4.90 Å². The summed E-state index contributed by atoms with van der Waals surface area (Å²) in [5.41, 5.74) is 7.06. The van der Waals surface area contributed by atoms with Crippen LogP contribution in [-0.2, 0) is 16.0 Å². The third kappa shape index (κ3) is 2.96. The lowest BCUT2D eigenvalue weighted by atomic mass is 10.0. The fraction of sp³-hybridized carbons (Fsp3) is 0.333. The van der Waals surface area contributed by atoms with Gasteiger partial charge < -0.3 is 15.4 Å². The molecule has 0 fully saturated rings. The van der Waals surface area contributed by atoms with Gasteiger partial charge in [-0.25, -0.2) is 4.79 Å². The van der Waals surface area contributed by atoms with Crippen molar-refractivity contribution < 1.29 is 14.3 Å².